The van der Waals surface area contributed by atoms with Gasteiger partial charge in [-0.1, -0.05) is 31.2 Å². The summed E-state index contributed by atoms with van der Waals surface area (Å²) in [6.45, 7) is 10.1. The van der Waals surface area contributed by atoms with E-state index >= 15 is 0 Å². The minimum atomic E-state index is 0.653. The van der Waals surface area contributed by atoms with Crippen molar-refractivity contribution < 1.29 is 0 Å². The maximum Gasteiger partial charge on any atom is 0.0180 e. The van der Waals surface area contributed by atoms with Crippen molar-refractivity contribution in [1.82, 2.24) is 9.80 Å². The maximum atomic E-state index is 5.78. The fraction of sp³-hybridized carbons (Fsp3) is 0.600. The Morgan fingerprint density at radius 3 is 2.22 bits per heavy atom. The fourth-order valence-electron chi connectivity index (χ4n) is 2.61. The van der Waals surface area contributed by atoms with Crippen molar-refractivity contribution in [3.8, 4) is 0 Å². The fourth-order valence-corrected chi connectivity index (χ4v) is 2.61. The Balaban J connectivity index is 1.81. The van der Waals surface area contributed by atoms with Crippen LogP contribution in [-0.4, -0.2) is 49.1 Å². The number of hydrogen-bond acceptors (Lipinski definition) is 3. The molecule has 1 aliphatic heterocycles. The smallest absolute Gasteiger partial charge is 0.0180 e. The van der Waals surface area contributed by atoms with Crippen molar-refractivity contribution in [1.29, 1.82) is 0 Å². The van der Waals surface area contributed by atoms with Gasteiger partial charge >= 0.3 is 0 Å². The van der Waals surface area contributed by atoms with Gasteiger partial charge in [0.25, 0.3) is 0 Å². The van der Waals surface area contributed by atoms with Crippen molar-refractivity contribution in [2.45, 2.75) is 19.9 Å². The summed E-state index contributed by atoms with van der Waals surface area (Å²) < 4.78 is 0. The third kappa shape index (κ3) is 3.55. The van der Waals surface area contributed by atoms with Gasteiger partial charge in [0, 0.05) is 39.3 Å². The molecule has 1 aromatic rings. The molecule has 100 valence electrons. The molecule has 3 heteroatoms. The molecule has 1 aromatic carbocycles. The van der Waals surface area contributed by atoms with E-state index in [2.05, 4.69) is 41.0 Å². The van der Waals surface area contributed by atoms with Gasteiger partial charge < -0.3 is 15.5 Å². The van der Waals surface area contributed by atoms with E-state index in [1.807, 2.05) is 0 Å². The Bertz CT molecular complexity index is 357. The Kier molecular flexibility index (Phi) is 5.17. The first kappa shape index (κ1) is 13.5. The van der Waals surface area contributed by atoms with Gasteiger partial charge in [-0.3, -0.25) is 0 Å². The largest absolute Gasteiger partial charge is 0.326 e. The molecule has 18 heavy (non-hydrogen) atoms. The molecular formula is C15H25N3. The monoisotopic (exact) mass is 247 g/mol. The van der Waals surface area contributed by atoms with Gasteiger partial charge in [0.05, 0.1) is 0 Å². The summed E-state index contributed by atoms with van der Waals surface area (Å²) in [5, 5.41) is 0. The molecule has 2 rings (SSSR count). The van der Waals surface area contributed by atoms with E-state index in [0.29, 0.717) is 6.54 Å². The van der Waals surface area contributed by atoms with E-state index in [1.54, 1.807) is 0 Å². The van der Waals surface area contributed by atoms with Crippen LogP contribution in [0.15, 0.2) is 24.3 Å². The van der Waals surface area contributed by atoms with Gasteiger partial charge in [-0.15, -0.1) is 0 Å². The predicted molar refractivity (Wildman–Crippen MR) is 76.6 cm³/mol. The summed E-state index contributed by atoms with van der Waals surface area (Å²) >= 11 is 0. The Morgan fingerprint density at radius 1 is 1.00 bits per heavy atom. The van der Waals surface area contributed by atoms with Gasteiger partial charge in [-0.25, -0.2) is 0 Å². The molecule has 0 spiro atoms. The van der Waals surface area contributed by atoms with E-state index in [4.69, 9.17) is 5.73 Å². The van der Waals surface area contributed by atoms with Crippen molar-refractivity contribution in [2.75, 3.05) is 39.3 Å². The number of benzene rings is 1. The van der Waals surface area contributed by atoms with Crippen LogP contribution in [0.2, 0.25) is 0 Å². The third-order valence-corrected chi connectivity index (χ3v) is 3.95. The zero-order chi connectivity index (χ0) is 12.8. The average Bonchev–Trinajstić information content (AvgIpc) is 2.46. The van der Waals surface area contributed by atoms with Crippen LogP contribution in [0.1, 0.15) is 18.1 Å². The van der Waals surface area contributed by atoms with Gasteiger partial charge in [0.2, 0.25) is 0 Å². The molecule has 1 heterocycles. The van der Waals surface area contributed by atoms with Gasteiger partial charge in [0.1, 0.15) is 0 Å². The Labute approximate surface area is 111 Å². The lowest BCUT2D eigenvalue weighted by atomic mass is 10.0. The van der Waals surface area contributed by atoms with Crippen LogP contribution in [0.4, 0.5) is 0 Å². The van der Waals surface area contributed by atoms with Crippen LogP contribution in [0, 0.1) is 0 Å². The zero-order valence-corrected chi connectivity index (χ0v) is 11.4. The molecule has 0 unspecified atom stereocenters. The van der Waals surface area contributed by atoms with Crippen LogP contribution < -0.4 is 5.73 Å². The molecule has 0 radical (unpaired) electrons. The second-order valence-corrected chi connectivity index (χ2v) is 5.00. The van der Waals surface area contributed by atoms with E-state index < -0.39 is 0 Å². The molecule has 0 saturated carbocycles. The topological polar surface area (TPSA) is 32.5 Å². The minimum Gasteiger partial charge on any atom is -0.326 e. The summed E-state index contributed by atoms with van der Waals surface area (Å²) in [5.74, 6) is 0. The number of nitrogens with two attached hydrogens (primary N) is 1. The molecule has 2 N–H and O–H groups in total. The Hall–Kier alpha value is -0.900. The third-order valence-electron chi connectivity index (χ3n) is 3.95. The van der Waals surface area contributed by atoms with E-state index in [-0.39, 0.29) is 0 Å². The lowest BCUT2D eigenvalue weighted by Crippen LogP contribution is -2.46. The summed E-state index contributed by atoms with van der Waals surface area (Å²) in [6, 6.07) is 8.55. The van der Waals surface area contributed by atoms with Crippen molar-refractivity contribution >= 4 is 0 Å². The number of likely N-dealkylation sites (N-methyl/N-ethyl adjacent to an activating group) is 1. The van der Waals surface area contributed by atoms with Crippen molar-refractivity contribution in [3.63, 3.8) is 0 Å². The second-order valence-electron chi connectivity index (χ2n) is 5.00. The number of piperazine rings is 1. The lowest BCUT2D eigenvalue weighted by Gasteiger charge is -2.34. The van der Waals surface area contributed by atoms with Crippen LogP contribution >= 0.6 is 0 Å². The summed E-state index contributed by atoms with van der Waals surface area (Å²) in [5.41, 5.74) is 8.49. The Morgan fingerprint density at radius 2 is 1.61 bits per heavy atom. The maximum absolute atomic E-state index is 5.78. The van der Waals surface area contributed by atoms with Crippen molar-refractivity contribution in [2.24, 2.45) is 5.73 Å². The standard InChI is InChI=1S/C15H25N3/c1-2-17-9-11-18(12-10-17)8-7-14-5-3-4-6-15(14)13-16/h3-6H,2,7-13,16H2,1H3. The molecule has 0 bridgehead atoms. The summed E-state index contributed by atoms with van der Waals surface area (Å²) in [6.07, 6.45) is 1.12. The molecule has 0 atom stereocenters. The van der Waals surface area contributed by atoms with Gasteiger partial charge in [0.15, 0.2) is 0 Å². The summed E-state index contributed by atoms with van der Waals surface area (Å²) in [4.78, 5) is 5.09. The highest BCUT2D eigenvalue weighted by molar-refractivity contribution is 5.27. The van der Waals surface area contributed by atoms with Crippen LogP contribution in [0.3, 0.4) is 0 Å². The van der Waals surface area contributed by atoms with E-state index in [1.165, 1.54) is 43.9 Å². The summed E-state index contributed by atoms with van der Waals surface area (Å²) in [7, 11) is 0. The highest BCUT2D eigenvalue weighted by Crippen LogP contribution is 2.10. The number of nitrogens with zero attached hydrogens (tertiary/aromatic N) is 2. The normalized spacial score (nSPS) is 18.1. The molecular weight excluding hydrogens is 222 g/mol. The first-order valence-electron chi connectivity index (χ1n) is 7.05. The first-order valence-corrected chi connectivity index (χ1v) is 7.05. The van der Waals surface area contributed by atoms with Crippen LogP contribution in [0.5, 0.6) is 0 Å². The van der Waals surface area contributed by atoms with Crippen LogP contribution in [0.25, 0.3) is 0 Å². The highest BCUT2D eigenvalue weighted by atomic mass is 15.3. The highest BCUT2D eigenvalue weighted by Gasteiger charge is 2.15. The molecule has 3 nitrogen and oxygen atoms in total. The average molecular weight is 247 g/mol. The first-order chi connectivity index (χ1) is 8.83. The van der Waals surface area contributed by atoms with Crippen molar-refractivity contribution in [3.05, 3.63) is 35.4 Å². The zero-order valence-electron chi connectivity index (χ0n) is 11.4. The predicted octanol–water partition coefficient (Wildman–Crippen LogP) is 1.33. The van der Waals surface area contributed by atoms with Gasteiger partial charge in [-0.05, 0) is 24.1 Å². The minimum absolute atomic E-state index is 0.653. The molecule has 0 aliphatic carbocycles. The van der Waals surface area contributed by atoms with Gasteiger partial charge in [-0.2, -0.15) is 0 Å². The molecule has 0 aromatic heterocycles. The van der Waals surface area contributed by atoms with Crippen LogP contribution in [-0.2, 0) is 13.0 Å². The quantitative estimate of drug-likeness (QED) is 0.852. The number of rotatable bonds is 5. The van der Waals surface area contributed by atoms with E-state index in [0.717, 1.165) is 13.0 Å². The lowest BCUT2D eigenvalue weighted by molar-refractivity contribution is 0.138. The SMILES string of the molecule is CCN1CCN(CCc2ccccc2CN)CC1. The molecule has 1 fully saturated rings. The number of hydrogen-bond donors (Lipinski definition) is 1. The molecule has 1 saturated heterocycles. The molecule has 1 aliphatic rings. The molecule has 0 amide bonds. The second kappa shape index (κ2) is 6.88. The van der Waals surface area contributed by atoms with E-state index in [9.17, 15) is 0 Å².